The molecule has 6 heteroatoms. The molecule has 1 aromatic carbocycles. The van der Waals surface area contributed by atoms with E-state index in [0.717, 1.165) is 6.17 Å². The summed E-state index contributed by atoms with van der Waals surface area (Å²) >= 11 is 0. The van der Waals surface area contributed by atoms with Crippen molar-refractivity contribution in [2.24, 2.45) is 0 Å². The van der Waals surface area contributed by atoms with Crippen molar-refractivity contribution in [3.05, 3.63) is 35.4 Å². The van der Waals surface area contributed by atoms with E-state index in [1.807, 2.05) is 4.90 Å². The molecule has 0 spiro atoms. The predicted molar refractivity (Wildman–Crippen MR) is 92.0 cm³/mol. The number of nitrogens with zero attached hydrogens (tertiary/aromatic N) is 2. The third kappa shape index (κ3) is 4.07. The van der Waals surface area contributed by atoms with Gasteiger partial charge in [0.1, 0.15) is 0 Å². The lowest BCUT2D eigenvalue weighted by Gasteiger charge is -2.28. The minimum Gasteiger partial charge on any atom is -0.346 e. The average molecular weight is 332 g/mol. The Morgan fingerprint density at radius 2 is 1.61 bits per heavy atom. The van der Waals surface area contributed by atoms with Crippen LogP contribution in [-0.4, -0.2) is 54.9 Å². The summed E-state index contributed by atoms with van der Waals surface area (Å²) in [5.74, 6) is -0.412. The van der Waals surface area contributed by atoms with Crippen LogP contribution in [0, 0.1) is 0 Å². The maximum absolute atomic E-state index is 12.3. The Bertz CT molecular complexity index is 602. The van der Waals surface area contributed by atoms with Gasteiger partial charge in [-0.1, -0.05) is 31.8 Å². The lowest BCUT2D eigenvalue weighted by molar-refractivity contribution is -0.128. The van der Waals surface area contributed by atoms with Crippen LogP contribution in [0.15, 0.2) is 24.3 Å². The van der Waals surface area contributed by atoms with Gasteiger partial charge in [0.15, 0.2) is 0 Å². The van der Waals surface area contributed by atoms with Crippen LogP contribution in [0.5, 0.6) is 0 Å². The van der Waals surface area contributed by atoms with Gasteiger partial charge >= 0.3 is 0 Å². The zero-order valence-corrected chi connectivity index (χ0v) is 15.3. The van der Waals surface area contributed by atoms with E-state index >= 15 is 0 Å². The van der Waals surface area contributed by atoms with E-state index in [-0.39, 0.29) is 17.7 Å². The Morgan fingerprint density at radius 1 is 1.09 bits per heavy atom. The highest BCUT2D eigenvalue weighted by atomic mass is 28.3. The fraction of sp³-hybridized carbons (Fsp3) is 0.471. The van der Waals surface area contributed by atoms with Crippen LogP contribution in [0.2, 0.25) is 19.6 Å². The van der Waals surface area contributed by atoms with Crippen LogP contribution in [0.25, 0.3) is 0 Å². The number of fused-ring (bicyclic) bond motifs is 1. The largest absolute Gasteiger partial charge is 0.346 e. The fourth-order valence-corrected chi connectivity index (χ4v) is 4.31. The molecular weight excluding hydrogens is 308 g/mol. The van der Waals surface area contributed by atoms with Crippen molar-refractivity contribution in [1.29, 1.82) is 0 Å². The molecule has 1 aliphatic rings. The van der Waals surface area contributed by atoms with Crippen molar-refractivity contribution >= 4 is 25.8 Å². The zero-order valence-electron chi connectivity index (χ0n) is 14.3. The number of imide groups is 1. The van der Waals surface area contributed by atoms with Gasteiger partial charge in [-0.25, -0.2) is 0 Å². The molecule has 0 bridgehead atoms. The van der Waals surface area contributed by atoms with Crippen molar-refractivity contribution in [2.75, 3.05) is 19.3 Å². The number of benzene rings is 1. The first-order chi connectivity index (χ1) is 10.7. The van der Waals surface area contributed by atoms with Gasteiger partial charge in [0.25, 0.3) is 11.8 Å². The van der Waals surface area contributed by atoms with Crippen LogP contribution in [0.4, 0.5) is 0 Å². The number of carbonyl (C=O) groups is 3. The Kier molecular flexibility index (Phi) is 5.04. The zero-order chi connectivity index (χ0) is 17.2. The average Bonchev–Trinajstić information content (AvgIpc) is 2.70. The summed E-state index contributed by atoms with van der Waals surface area (Å²) in [6.45, 7) is 9.14. The molecule has 1 aliphatic heterocycles. The van der Waals surface area contributed by atoms with Gasteiger partial charge in [0.2, 0.25) is 5.91 Å². The van der Waals surface area contributed by atoms with Crippen LogP contribution in [0.1, 0.15) is 34.1 Å². The van der Waals surface area contributed by atoms with E-state index in [0.29, 0.717) is 30.6 Å². The molecule has 23 heavy (non-hydrogen) atoms. The summed E-state index contributed by atoms with van der Waals surface area (Å²) in [5, 5.41) is 0. The molecule has 0 saturated carbocycles. The molecule has 0 unspecified atom stereocenters. The Balaban J connectivity index is 1.95. The van der Waals surface area contributed by atoms with E-state index < -0.39 is 8.07 Å². The predicted octanol–water partition coefficient (Wildman–Crippen LogP) is 2.40. The second-order valence-corrected chi connectivity index (χ2v) is 12.6. The summed E-state index contributed by atoms with van der Waals surface area (Å²) in [6, 6.07) is 6.89. The minimum atomic E-state index is -1.39. The second-order valence-electron chi connectivity index (χ2n) is 7.16. The Labute approximate surface area is 138 Å². The highest BCUT2D eigenvalue weighted by molar-refractivity contribution is 6.76. The Hall–Kier alpha value is -1.95. The molecule has 0 aliphatic carbocycles. The molecule has 0 atom stereocenters. The van der Waals surface area contributed by atoms with Crippen molar-refractivity contribution in [2.45, 2.75) is 33.0 Å². The third-order valence-electron chi connectivity index (χ3n) is 3.80. The molecule has 5 nitrogen and oxygen atoms in total. The standard InChI is InChI=1S/C17H24N2O3Si/c1-13(20)18(12-23(2,3)4)10-7-11-19-16(21)14-8-5-6-9-15(14)17(19)22/h5-6,8-9H,7,10-12H2,1-4H3. The summed E-state index contributed by atoms with van der Waals surface area (Å²) in [4.78, 5) is 39.4. The normalized spacial score (nSPS) is 14.2. The number of rotatable bonds is 6. The van der Waals surface area contributed by atoms with Crippen LogP contribution < -0.4 is 0 Å². The number of carbonyl (C=O) groups excluding carboxylic acids is 3. The summed E-state index contributed by atoms with van der Waals surface area (Å²) in [7, 11) is -1.39. The monoisotopic (exact) mass is 332 g/mol. The van der Waals surface area contributed by atoms with Gasteiger partial charge in [-0.05, 0) is 18.6 Å². The summed E-state index contributed by atoms with van der Waals surface area (Å²) in [5.41, 5.74) is 0.950. The number of hydrogen-bond acceptors (Lipinski definition) is 3. The van der Waals surface area contributed by atoms with E-state index in [1.165, 1.54) is 4.90 Å². The van der Waals surface area contributed by atoms with Crippen molar-refractivity contribution in [3.63, 3.8) is 0 Å². The number of amides is 3. The molecule has 0 saturated heterocycles. The molecule has 124 valence electrons. The highest BCUT2D eigenvalue weighted by Gasteiger charge is 2.34. The summed E-state index contributed by atoms with van der Waals surface area (Å²) < 4.78 is 0. The van der Waals surface area contributed by atoms with Gasteiger partial charge < -0.3 is 4.90 Å². The van der Waals surface area contributed by atoms with Gasteiger partial charge in [-0.3, -0.25) is 19.3 Å². The quantitative estimate of drug-likeness (QED) is 0.594. The molecule has 2 rings (SSSR count). The molecule has 0 aromatic heterocycles. The van der Waals surface area contributed by atoms with E-state index in [2.05, 4.69) is 19.6 Å². The van der Waals surface area contributed by atoms with Crippen molar-refractivity contribution in [3.8, 4) is 0 Å². The lowest BCUT2D eigenvalue weighted by Crippen LogP contribution is -2.44. The van der Waals surface area contributed by atoms with Gasteiger partial charge in [0, 0.05) is 26.2 Å². The van der Waals surface area contributed by atoms with Crippen LogP contribution in [0.3, 0.4) is 0 Å². The fourth-order valence-electron chi connectivity index (χ4n) is 2.78. The third-order valence-corrected chi connectivity index (χ3v) is 5.13. The van der Waals surface area contributed by atoms with Crippen molar-refractivity contribution in [1.82, 2.24) is 9.80 Å². The first kappa shape index (κ1) is 17.4. The van der Waals surface area contributed by atoms with E-state index in [1.54, 1.807) is 31.2 Å². The van der Waals surface area contributed by atoms with Gasteiger partial charge in [-0.2, -0.15) is 0 Å². The Morgan fingerprint density at radius 3 is 2.04 bits per heavy atom. The van der Waals surface area contributed by atoms with Crippen LogP contribution in [-0.2, 0) is 4.79 Å². The van der Waals surface area contributed by atoms with E-state index in [4.69, 9.17) is 0 Å². The number of hydrogen-bond donors (Lipinski definition) is 0. The maximum atomic E-state index is 12.3. The smallest absolute Gasteiger partial charge is 0.261 e. The molecule has 0 N–H and O–H groups in total. The topological polar surface area (TPSA) is 57.7 Å². The molecular formula is C17H24N2O3Si. The first-order valence-corrected chi connectivity index (χ1v) is 11.6. The maximum Gasteiger partial charge on any atom is 0.261 e. The minimum absolute atomic E-state index is 0.0507. The summed E-state index contributed by atoms with van der Waals surface area (Å²) in [6.07, 6.45) is 1.40. The van der Waals surface area contributed by atoms with Gasteiger partial charge in [-0.15, -0.1) is 0 Å². The molecule has 0 fully saturated rings. The molecule has 3 amide bonds. The SMILES string of the molecule is CC(=O)N(CCCN1C(=O)c2ccccc2C1=O)C[Si](C)(C)C. The van der Waals surface area contributed by atoms with Gasteiger partial charge in [0.05, 0.1) is 19.2 Å². The van der Waals surface area contributed by atoms with E-state index in [9.17, 15) is 14.4 Å². The molecule has 1 heterocycles. The van der Waals surface area contributed by atoms with Crippen LogP contribution >= 0.6 is 0 Å². The highest BCUT2D eigenvalue weighted by Crippen LogP contribution is 2.22. The lowest BCUT2D eigenvalue weighted by atomic mass is 10.1. The molecule has 0 radical (unpaired) electrons. The van der Waals surface area contributed by atoms with Crippen molar-refractivity contribution < 1.29 is 14.4 Å². The first-order valence-electron chi connectivity index (χ1n) is 7.91. The second kappa shape index (κ2) is 6.66. The molecule has 1 aromatic rings.